The summed E-state index contributed by atoms with van der Waals surface area (Å²) in [5.41, 5.74) is 1.76. The summed E-state index contributed by atoms with van der Waals surface area (Å²) in [6, 6.07) is 11.4. The van der Waals surface area contributed by atoms with Crippen molar-refractivity contribution in [3.05, 3.63) is 75.3 Å². The van der Waals surface area contributed by atoms with Crippen molar-refractivity contribution >= 4 is 23.4 Å². The standard InChI is InChI=1S/C18H10F2N4OS/c19-11-5-1-9(2-6-11)13-14(10-3-7-12(20)8-4-10)22-16-15(21-13)17(25)24-18(26)23-16/h1-8H,(H2,22,23,24,25,26). The van der Waals surface area contributed by atoms with Crippen molar-refractivity contribution in [3.8, 4) is 22.5 Å². The van der Waals surface area contributed by atoms with E-state index in [0.29, 0.717) is 22.5 Å². The Morgan fingerprint density at radius 3 is 1.81 bits per heavy atom. The molecule has 26 heavy (non-hydrogen) atoms. The summed E-state index contributed by atoms with van der Waals surface area (Å²) >= 11 is 4.97. The van der Waals surface area contributed by atoms with Gasteiger partial charge in [-0.2, -0.15) is 0 Å². The number of H-pyrrole nitrogens is 2. The van der Waals surface area contributed by atoms with Crippen molar-refractivity contribution in [2.45, 2.75) is 0 Å². The van der Waals surface area contributed by atoms with Gasteiger partial charge in [0.05, 0.1) is 11.4 Å². The van der Waals surface area contributed by atoms with Gasteiger partial charge in [0.25, 0.3) is 5.56 Å². The second kappa shape index (κ2) is 6.23. The Balaban J connectivity index is 2.07. The first-order chi connectivity index (χ1) is 12.5. The zero-order chi connectivity index (χ0) is 18.3. The summed E-state index contributed by atoms with van der Waals surface area (Å²) in [7, 11) is 0. The fourth-order valence-corrected chi connectivity index (χ4v) is 2.79. The minimum atomic E-state index is -0.481. The van der Waals surface area contributed by atoms with Crippen LogP contribution >= 0.6 is 12.2 Å². The molecular formula is C18H10F2N4OS. The lowest BCUT2D eigenvalue weighted by Gasteiger charge is -2.10. The molecule has 0 aliphatic heterocycles. The third-order valence-corrected chi connectivity index (χ3v) is 4.01. The Bertz CT molecular complexity index is 1230. The highest BCUT2D eigenvalue weighted by Gasteiger charge is 2.15. The molecule has 8 heteroatoms. The first-order valence-corrected chi connectivity index (χ1v) is 7.98. The molecule has 0 amide bonds. The fraction of sp³-hybridized carbons (Fsp3) is 0. The summed E-state index contributed by atoms with van der Waals surface area (Å²) in [5.74, 6) is -0.783. The Hall–Kier alpha value is -3.26. The number of nitrogens with zero attached hydrogens (tertiary/aromatic N) is 2. The first-order valence-electron chi connectivity index (χ1n) is 7.57. The molecule has 0 fully saturated rings. The molecule has 0 atom stereocenters. The topological polar surface area (TPSA) is 74.4 Å². The summed E-state index contributed by atoms with van der Waals surface area (Å²) < 4.78 is 26.7. The summed E-state index contributed by atoms with van der Waals surface area (Å²) in [6.45, 7) is 0. The maximum absolute atomic E-state index is 13.3. The smallest absolute Gasteiger partial charge is 0.279 e. The quantitative estimate of drug-likeness (QED) is 0.525. The first kappa shape index (κ1) is 16.2. The number of benzene rings is 2. The largest absolute Gasteiger partial charge is 0.315 e. The van der Waals surface area contributed by atoms with Gasteiger partial charge in [0.15, 0.2) is 15.9 Å². The van der Waals surface area contributed by atoms with Crippen LogP contribution in [0, 0.1) is 16.4 Å². The van der Waals surface area contributed by atoms with E-state index in [-0.39, 0.29) is 21.8 Å². The van der Waals surface area contributed by atoms with Crippen molar-refractivity contribution in [3.63, 3.8) is 0 Å². The van der Waals surface area contributed by atoms with Crippen LogP contribution in [0.5, 0.6) is 0 Å². The molecule has 0 saturated heterocycles. The van der Waals surface area contributed by atoms with E-state index in [9.17, 15) is 13.6 Å². The second-order valence-electron chi connectivity index (χ2n) is 5.54. The van der Waals surface area contributed by atoms with Gasteiger partial charge in [-0.05, 0) is 60.7 Å². The predicted molar refractivity (Wildman–Crippen MR) is 96.1 cm³/mol. The highest BCUT2D eigenvalue weighted by Crippen LogP contribution is 2.30. The lowest BCUT2D eigenvalue weighted by Crippen LogP contribution is -2.12. The number of halogens is 2. The van der Waals surface area contributed by atoms with Gasteiger partial charge in [-0.25, -0.2) is 18.7 Å². The maximum atomic E-state index is 13.3. The van der Waals surface area contributed by atoms with Crippen molar-refractivity contribution in [1.82, 2.24) is 19.9 Å². The maximum Gasteiger partial charge on any atom is 0.279 e. The molecule has 0 aliphatic rings. The molecule has 2 N–H and O–H groups in total. The monoisotopic (exact) mass is 368 g/mol. The second-order valence-corrected chi connectivity index (χ2v) is 5.95. The van der Waals surface area contributed by atoms with E-state index < -0.39 is 11.4 Å². The molecule has 2 heterocycles. The SMILES string of the molecule is O=c1[nH]c(=S)[nH]c2nc(-c3ccc(F)cc3)c(-c3ccc(F)cc3)nc12. The van der Waals surface area contributed by atoms with E-state index in [1.807, 2.05) is 0 Å². The molecule has 2 aromatic carbocycles. The Kier molecular flexibility index (Phi) is 3.89. The minimum absolute atomic E-state index is 0.0730. The third-order valence-electron chi connectivity index (χ3n) is 3.81. The Morgan fingerprint density at radius 1 is 0.769 bits per heavy atom. The van der Waals surface area contributed by atoms with Gasteiger partial charge in [0.2, 0.25) is 0 Å². The van der Waals surface area contributed by atoms with Gasteiger partial charge in [0, 0.05) is 11.1 Å². The van der Waals surface area contributed by atoms with Gasteiger partial charge < -0.3 is 4.98 Å². The molecule has 128 valence electrons. The summed E-state index contributed by atoms with van der Waals surface area (Å²) in [5, 5.41) is 0. The van der Waals surface area contributed by atoms with Gasteiger partial charge in [-0.15, -0.1) is 0 Å². The van der Waals surface area contributed by atoms with E-state index in [4.69, 9.17) is 12.2 Å². The predicted octanol–water partition coefficient (Wildman–Crippen LogP) is 3.99. The van der Waals surface area contributed by atoms with Crippen LogP contribution in [0.4, 0.5) is 8.78 Å². The summed E-state index contributed by atoms with van der Waals surface area (Å²) in [6.07, 6.45) is 0. The lowest BCUT2D eigenvalue weighted by molar-refractivity contribution is 0.627. The molecule has 0 radical (unpaired) electrons. The normalized spacial score (nSPS) is 11.0. The number of hydrogen-bond donors (Lipinski definition) is 2. The van der Waals surface area contributed by atoms with E-state index >= 15 is 0 Å². The fourth-order valence-electron chi connectivity index (χ4n) is 2.60. The number of aromatic nitrogens is 4. The highest BCUT2D eigenvalue weighted by molar-refractivity contribution is 7.71. The molecule has 2 aromatic heterocycles. The molecule has 0 unspecified atom stereocenters. The third kappa shape index (κ3) is 2.91. The molecule has 0 saturated carbocycles. The molecule has 0 aliphatic carbocycles. The van der Waals surface area contributed by atoms with Crippen LogP contribution in [0.3, 0.4) is 0 Å². The number of nitrogens with one attached hydrogen (secondary N) is 2. The van der Waals surface area contributed by atoms with Crippen LogP contribution in [-0.4, -0.2) is 19.9 Å². The molecule has 4 rings (SSSR count). The average molecular weight is 368 g/mol. The highest BCUT2D eigenvalue weighted by atomic mass is 32.1. The van der Waals surface area contributed by atoms with Crippen molar-refractivity contribution in [2.24, 2.45) is 0 Å². The van der Waals surface area contributed by atoms with Crippen molar-refractivity contribution in [1.29, 1.82) is 0 Å². The average Bonchev–Trinajstić information content (AvgIpc) is 2.62. The van der Waals surface area contributed by atoms with Gasteiger partial charge >= 0.3 is 0 Å². The summed E-state index contributed by atoms with van der Waals surface area (Å²) in [4.78, 5) is 26.3. The number of hydrogen-bond acceptors (Lipinski definition) is 4. The number of fused-ring (bicyclic) bond motifs is 1. The molecule has 0 spiro atoms. The van der Waals surface area contributed by atoms with Gasteiger partial charge in [-0.3, -0.25) is 9.78 Å². The Morgan fingerprint density at radius 2 is 1.27 bits per heavy atom. The van der Waals surface area contributed by atoms with Crippen LogP contribution in [0.2, 0.25) is 0 Å². The molecular weight excluding hydrogens is 358 g/mol. The zero-order valence-corrected chi connectivity index (χ0v) is 13.9. The number of rotatable bonds is 2. The van der Waals surface area contributed by atoms with E-state index in [2.05, 4.69) is 19.9 Å². The van der Waals surface area contributed by atoms with Crippen molar-refractivity contribution in [2.75, 3.05) is 0 Å². The molecule has 4 aromatic rings. The molecule has 5 nitrogen and oxygen atoms in total. The van der Waals surface area contributed by atoms with Crippen LogP contribution in [-0.2, 0) is 0 Å². The Labute approximate surface area is 150 Å². The van der Waals surface area contributed by atoms with E-state index in [1.54, 1.807) is 12.1 Å². The van der Waals surface area contributed by atoms with Crippen LogP contribution < -0.4 is 5.56 Å². The van der Waals surface area contributed by atoms with E-state index in [0.717, 1.165) is 0 Å². The zero-order valence-electron chi connectivity index (χ0n) is 13.1. The molecule has 0 bridgehead atoms. The van der Waals surface area contributed by atoms with Gasteiger partial charge in [0.1, 0.15) is 11.6 Å². The van der Waals surface area contributed by atoms with Crippen LogP contribution in [0.1, 0.15) is 0 Å². The van der Waals surface area contributed by atoms with E-state index in [1.165, 1.54) is 36.4 Å². The van der Waals surface area contributed by atoms with Crippen molar-refractivity contribution < 1.29 is 8.78 Å². The minimum Gasteiger partial charge on any atom is -0.315 e. The number of aromatic amines is 2. The van der Waals surface area contributed by atoms with Crippen LogP contribution in [0.25, 0.3) is 33.7 Å². The van der Waals surface area contributed by atoms with Gasteiger partial charge in [-0.1, -0.05) is 0 Å². The lowest BCUT2D eigenvalue weighted by atomic mass is 10.0. The van der Waals surface area contributed by atoms with Crippen LogP contribution in [0.15, 0.2) is 53.3 Å².